The van der Waals surface area contributed by atoms with Crippen LogP contribution in [0.3, 0.4) is 0 Å². The summed E-state index contributed by atoms with van der Waals surface area (Å²) in [5.74, 6) is 0. The first-order chi connectivity index (χ1) is 7.18. The molecule has 0 radical (unpaired) electrons. The highest BCUT2D eigenvalue weighted by molar-refractivity contribution is 9.10. The fraction of sp³-hybridized carbons (Fsp3) is 0.583. The van der Waals surface area contributed by atoms with E-state index < -0.39 is 0 Å². The van der Waals surface area contributed by atoms with Crippen LogP contribution in [-0.2, 0) is 6.42 Å². The number of halogens is 1. The predicted molar refractivity (Wildman–Crippen MR) is 65.6 cm³/mol. The van der Waals surface area contributed by atoms with Gasteiger partial charge in [0.2, 0.25) is 0 Å². The van der Waals surface area contributed by atoms with Gasteiger partial charge in [0.05, 0.1) is 0 Å². The molecule has 1 aliphatic rings. The molecular weight excluding hydrogens is 252 g/mol. The molecule has 0 saturated heterocycles. The van der Waals surface area contributed by atoms with Gasteiger partial charge in [0, 0.05) is 28.3 Å². The van der Waals surface area contributed by atoms with Crippen molar-refractivity contribution in [3.05, 3.63) is 28.5 Å². The molecule has 3 heteroatoms. The number of hydrogen-bond acceptors (Lipinski definition) is 2. The Kier molecular flexibility index (Phi) is 3.42. The van der Waals surface area contributed by atoms with Crippen molar-refractivity contribution in [1.82, 2.24) is 4.98 Å². The van der Waals surface area contributed by atoms with Crippen molar-refractivity contribution in [1.29, 1.82) is 0 Å². The van der Waals surface area contributed by atoms with Crippen LogP contribution in [-0.4, -0.2) is 10.5 Å². The van der Waals surface area contributed by atoms with E-state index in [1.165, 1.54) is 19.3 Å². The molecular formula is C12H17BrN2. The number of nitrogens with zero attached hydrogens (tertiary/aromatic N) is 1. The van der Waals surface area contributed by atoms with E-state index in [4.69, 9.17) is 5.73 Å². The lowest BCUT2D eigenvalue weighted by atomic mass is 9.79. The average Bonchev–Trinajstić information content (AvgIpc) is 2.22. The second-order valence-electron chi connectivity index (χ2n) is 4.57. The summed E-state index contributed by atoms with van der Waals surface area (Å²) in [6.45, 7) is 0. The highest BCUT2D eigenvalue weighted by atomic mass is 79.9. The molecule has 0 aliphatic heterocycles. The predicted octanol–water partition coefficient (Wildman–Crippen LogP) is 3.05. The van der Waals surface area contributed by atoms with Gasteiger partial charge in [-0.3, -0.25) is 4.98 Å². The van der Waals surface area contributed by atoms with Gasteiger partial charge in [0.15, 0.2) is 0 Å². The molecule has 1 fully saturated rings. The Bertz CT molecular complexity index is 315. The first-order valence-electron chi connectivity index (χ1n) is 5.57. The summed E-state index contributed by atoms with van der Waals surface area (Å²) in [7, 11) is 0. The topological polar surface area (TPSA) is 38.9 Å². The highest BCUT2D eigenvalue weighted by Crippen LogP contribution is 2.28. The van der Waals surface area contributed by atoms with Crippen LogP contribution in [0.4, 0.5) is 0 Å². The fourth-order valence-corrected chi connectivity index (χ4v) is 2.54. The molecule has 1 aromatic rings. The van der Waals surface area contributed by atoms with E-state index in [0.29, 0.717) is 0 Å². The highest BCUT2D eigenvalue weighted by Gasteiger charge is 2.27. The minimum atomic E-state index is -0.000913. The molecule has 82 valence electrons. The van der Waals surface area contributed by atoms with E-state index in [1.54, 1.807) is 0 Å². The fourth-order valence-electron chi connectivity index (χ4n) is 2.30. The first kappa shape index (κ1) is 11.1. The van der Waals surface area contributed by atoms with Gasteiger partial charge in [0.1, 0.15) is 0 Å². The Morgan fingerprint density at radius 1 is 1.27 bits per heavy atom. The molecule has 2 rings (SSSR count). The monoisotopic (exact) mass is 268 g/mol. The Morgan fingerprint density at radius 3 is 2.60 bits per heavy atom. The van der Waals surface area contributed by atoms with Gasteiger partial charge in [0.25, 0.3) is 0 Å². The summed E-state index contributed by atoms with van der Waals surface area (Å²) in [6.07, 6.45) is 8.93. The molecule has 0 atom stereocenters. The largest absolute Gasteiger partial charge is 0.325 e. The van der Waals surface area contributed by atoms with Crippen LogP contribution in [0.1, 0.15) is 37.8 Å². The quantitative estimate of drug-likeness (QED) is 0.896. The second-order valence-corrected chi connectivity index (χ2v) is 5.48. The summed E-state index contributed by atoms with van der Waals surface area (Å²) < 4.78 is 1.03. The van der Waals surface area contributed by atoms with Crippen LogP contribution in [0, 0.1) is 0 Å². The third-order valence-corrected chi connectivity index (χ3v) is 3.64. The van der Waals surface area contributed by atoms with Crippen LogP contribution < -0.4 is 5.73 Å². The minimum absolute atomic E-state index is 0.000913. The molecule has 0 amide bonds. The van der Waals surface area contributed by atoms with E-state index in [0.717, 1.165) is 29.4 Å². The van der Waals surface area contributed by atoms with Crippen molar-refractivity contribution >= 4 is 15.9 Å². The molecule has 0 bridgehead atoms. The third-order valence-electron chi connectivity index (χ3n) is 3.17. The van der Waals surface area contributed by atoms with E-state index in [-0.39, 0.29) is 5.54 Å². The zero-order valence-corrected chi connectivity index (χ0v) is 10.5. The zero-order chi connectivity index (χ0) is 10.7. The molecule has 0 aromatic carbocycles. The number of pyridine rings is 1. The van der Waals surface area contributed by atoms with E-state index in [2.05, 4.69) is 27.0 Å². The smallest absolute Gasteiger partial charge is 0.0422 e. The molecule has 1 aromatic heterocycles. The number of hydrogen-bond donors (Lipinski definition) is 1. The van der Waals surface area contributed by atoms with Gasteiger partial charge in [-0.1, -0.05) is 19.3 Å². The van der Waals surface area contributed by atoms with Gasteiger partial charge < -0.3 is 5.73 Å². The summed E-state index contributed by atoms with van der Waals surface area (Å²) in [5.41, 5.74) is 7.49. The van der Waals surface area contributed by atoms with Crippen molar-refractivity contribution in [2.24, 2.45) is 5.73 Å². The molecule has 1 saturated carbocycles. The van der Waals surface area contributed by atoms with Gasteiger partial charge in [-0.25, -0.2) is 0 Å². The van der Waals surface area contributed by atoms with Crippen molar-refractivity contribution in [3.63, 3.8) is 0 Å². The van der Waals surface area contributed by atoms with E-state index in [1.807, 2.05) is 12.3 Å². The lowest BCUT2D eigenvalue weighted by molar-refractivity contribution is 0.292. The maximum atomic E-state index is 6.38. The van der Waals surface area contributed by atoms with Crippen molar-refractivity contribution in [3.8, 4) is 0 Å². The van der Waals surface area contributed by atoms with Crippen molar-refractivity contribution < 1.29 is 0 Å². The Labute approximate surface area is 99.4 Å². The maximum Gasteiger partial charge on any atom is 0.0422 e. The molecule has 2 nitrogen and oxygen atoms in total. The number of aromatic nitrogens is 1. The average molecular weight is 269 g/mol. The molecule has 0 unspecified atom stereocenters. The molecule has 2 N–H and O–H groups in total. The van der Waals surface area contributed by atoms with Crippen LogP contribution in [0.15, 0.2) is 22.8 Å². The molecule has 1 aliphatic carbocycles. The lowest BCUT2D eigenvalue weighted by Gasteiger charge is -2.33. The van der Waals surface area contributed by atoms with Crippen LogP contribution in [0.5, 0.6) is 0 Å². The second kappa shape index (κ2) is 4.62. The third kappa shape index (κ3) is 3.02. The van der Waals surface area contributed by atoms with Gasteiger partial charge in [-0.2, -0.15) is 0 Å². The van der Waals surface area contributed by atoms with Gasteiger partial charge in [-0.15, -0.1) is 0 Å². The Hall–Kier alpha value is -0.410. The van der Waals surface area contributed by atoms with E-state index >= 15 is 0 Å². The normalized spacial score (nSPS) is 20.1. The lowest BCUT2D eigenvalue weighted by Crippen LogP contribution is -2.43. The summed E-state index contributed by atoms with van der Waals surface area (Å²) in [5, 5.41) is 0. The minimum Gasteiger partial charge on any atom is -0.325 e. The first-order valence-corrected chi connectivity index (χ1v) is 6.37. The summed E-state index contributed by atoms with van der Waals surface area (Å²) in [6, 6.07) is 4.10. The van der Waals surface area contributed by atoms with Gasteiger partial charge >= 0.3 is 0 Å². The molecule has 0 spiro atoms. The maximum absolute atomic E-state index is 6.38. The van der Waals surface area contributed by atoms with Crippen molar-refractivity contribution in [2.75, 3.05) is 0 Å². The Morgan fingerprint density at radius 2 is 2.00 bits per heavy atom. The van der Waals surface area contributed by atoms with Crippen molar-refractivity contribution in [2.45, 2.75) is 44.1 Å². The number of rotatable bonds is 2. The SMILES string of the molecule is NC1(Cc2ccc(Br)cn2)CCCCC1. The Balaban J connectivity index is 2.03. The standard InChI is InChI=1S/C12H17BrN2/c13-10-4-5-11(15-9-10)8-12(14)6-2-1-3-7-12/h4-5,9H,1-3,6-8,14H2. The summed E-state index contributed by atoms with van der Waals surface area (Å²) in [4.78, 5) is 4.39. The van der Waals surface area contributed by atoms with Crippen LogP contribution >= 0.6 is 15.9 Å². The molecule has 1 heterocycles. The van der Waals surface area contributed by atoms with Gasteiger partial charge in [-0.05, 0) is 40.9 Å². The van der Waals surface area contributed by atoms with Crippen LogP contribution in [0.2, 0.25) is 0 Å². The zero-order valence-electron chi connectivity index (χ0n) is 8.88. The van der Waals surface area contributed by atoms with Crippen LogP contribution in [0.25, 0.3) is 0 Å². The summed E-state index contributed by atoms with van der Waals surface area (Å²) >= 11 is 3.39. The number of nitrogens with two attached hydrogens (primary N) is 1. The van der Waals surface area contributed by atoms with E-state index in [9.17, 15) is 0 Å². The molecule has 15 heavy (non-hydrogen) atoms.